The van der Waals surface area contributed by atoms with E-state index in [2.05, 4.69) is 26.4 Å². The fraction of sp³-hybridized carbons (Fsp3) is 0.320. The van der Waals surface area contributed by atoms with Crippen molar-refractivity contribution in [2.45, 2.75) is 26.3 Å². The average Bonchev–Trinajstić information content (AvgIpc) is 3.48. The molecule has 0 radical (unpaired) electrons. The molecule has 34 heavy (non-hydrogen) atoms. The van der Waals surface area contributed by atoms with Crippen LogP contribution in [0.5, 0.6) is 17.4 Å². The van der Waals surface area contributed by atoms with E-state index in [4.69, 9.17) is 15.5 Å². The number of ether oxygens (including phenoxy) is 1. The van der Waals surface area contributed by atoms with E-state index < -0.39 is 0 Å². The van der Waals surface area contributed by atoms with Crippen molar-refractivity contribution in [2.75, 3.05) is 30.8 Å². The fourth-order valence-electron chi connectivity index (χ4n) is 4.54. The minimum atomic E-state index is 0.166. The van der Waals surface area contributed by atoms with Crippen molar-refractivity contribution in [3.63, 3.8) is 0 Å². The van der Waals surface area contributed by atoms with E-state index in [-0.39, 0.29) is 5.75 Å². The molecular formula is C25H29N7O2. The Morgan fingerprint density at radius 2 is 2.06 bits per heavy atom. The van der Waals surface area contributed by atoms with Crippen molar-refractivity contribution in [1.29, 1.82) is 0 Å². The molecule has 1 aliphatic rings. The Morgan fingerprint density at radius 3 is 2.76 bits per heavy atom. The van der Waals surface area contributed by atoms with E-state index in [0.29, 0.717) is 34.4 Å². The summed E-state index contributed by atoms with van der Waals surface area (Å²) in [7, 11) is 3.87. The lowest BCUT2D eigenvalue weighted by Crippen LogP contribution is -2.29. The van der Waals surface area contributed by atoms with Crippen molar-refractivity contribution in [3.05, 3.63) is 47.9 Å². The lowest BCUT2D eigenvalue weighted by Gasteiger charge is -2.21. The van der Waals surface area contributed by atoms with Gasteiger partial charge in [-0.05, 0) is 45.0 Å². The van der Waals surface area contributed by atoms with Gasteiger partial charge in [-0.3, -0.25) is 4.68 Å². The first-order valence-electron chi connectivity index (χ1n) is 11.3. The highest BCUT2D eigenvalue weighted by atomic mass is 16.5. The summed E-state index contributed by atoms with van der Waals surface area (Å²) < 4.78 is 8.17. The lowest BCUT2D eigenvalue weighted by molar-refractivity contribution is 0.440. The molecular weight excluding hydrogens is 430 g/mol. The molecule has 4 aromatic rings. The summed E-state index contributed by atoms with van der Waals surface area (Å²) in [4.78, 5) is 11.6. The maximum absolute atomic E-state index is 10.3. The van der Waals surface area contributed by atoms with Gasteiger partial charge in [0.15, 0.2) is 0 Å². The van der Waals surface area contributed by atoms with E-state index in [0.717, 1.165) is 47.4 Å². The van der Waals surface area contributed by atoms with Crippen LogP contribution >= 0.6 is 0 Å². The van der Waals surface area contributed by atoms with Crippen LogP contribution in [0.15, 0.2) is 36.8 Å². The number of anilines is 2. The van der Waals surface area contributed by atoms with Gasteiger partial charge in [0.25, 0.3) is 0 Å². The number of phenolic OH excluding ortho intramolecular Hbond substituents is 1. The number of hydrogen-bond donors (Lipinski definition) is 3. The third-order valence-corrected chi connectivity index (χ3v) is 6.56. The van der Waals surface area contributed by atoms with Crippen LogP contribution < -0.4 is 20.7 Å². The monoisotopic (exact) mass is 459 g/mol. The Labute approximate surface area is 198 Å². The van der Waals surface area contributed by atoms with E-state index in [1.807, 2.05) is 46.4 Å². The quantitative estimate of drug-likeness (QED) is 0.415. The molecule has 5 rings (SSSR count). The molecule has 9 nitrogen and oxygen atoms in total. The highest BCUT2D eigenvalue weighted by Gasteiger charge is 2.25. The smallest absolute Gasteiger partial charge is 0.232 e. The number of nitrogens with zero attached hydrogens (tertiary/aromatic N) is 5. The SMILES string of the molecule is CN[C@@H]1CCN(c2cc3c(-c4cnn(C)c4)cnc(N)c3c(Oc3c(C)ccc(O)c3C)n2)C1. The summed E-state index contributed by atoms with van der Waals surface area (Å²) in [5, 5.41) is 19.5. The summed E-state index contributed by atoms with van der Waals surface area (Å²) >= 11 is 0. The predicted octanol–water partition coefficient (Wildman–Crippen LogP) is 3.53. The van der Waals surface area contributed by atoms with Crippen LogP contribution in [0.1, 0.15) is 17.5 Å². The number of phenols is 1. The van der Waals surface area contributed by atoms with Crippen molar-refractivity contribution < 1.29 is 9.84 Å². The summed E-state index contributed by atoms with van der Waals surface area (Å²) in [6.07, 6.45) is 6.56. The van der Waals surface area contributed by atoms with Gasteiger partial charge in [0.05, 0.1) is 11.6 Å². The molecule has 4 N–H and O–H groups in total. The second kappa shape index (κ2) is 8.49. The first-order chi connectivity index (χ1) is 16.4. The van der Waals surface area contributed by atoms with Crippen molar-refractivity contribution in [3.8, 4) is 28.5 Å². The van der Waals surface area contributed by atoms with Gasteiger partial charge in [-0.1, -0.05) is 6.07 Å². The van der Waals surface area contributed by atoms with Crippen molar-refractivity contribution in [1.82, 2.24) is 25.1 Å². The normalized spacial score (nSPS) is 15.9. The molecule has 1 aromatic carbocycles. The Bertz CT molecular complexity index is 1380. The molecule has 176 valence electrons. The molecule has 0 bridgehead atoms. The number of nitrogens with two attached hydrogens (primary N) is 1. The first kappa shape index (κ1) is 22.0. The van der Waals surface area contributed by atoms with E-state index >= 15 is 0 Å². The van der Waals surface area contributed by atoms with Gasteiger partial charge in [-0.25, -0.2) is 4.98 Å². The number of likely N-dealkylation sites (N-methyl/N-ethyl adjacent to an activating group) is 1. The molecule has 0 spiro atoms. The minimum Gasteiger partial charge on any atom is -0.508 e. The first-order valence-corrected chi connectivity index (χ1v) is 11.3. The maximum Gasteiger partial charge on any atom is 0.232 e. The number of aromatic hydroxyl groups is 1. The zero-order valence-corrected chi connectivity index (χ0v) is 19.8. The van der Waals surface area contributed by atoms with Crippen LogP contribution in [0, 0.1) is 13.8 Å². The highest BCUT2D eigenvalue weighted by Crippen LogP contribution is 2.41. The molecule has 1 atom stereocenters. The molecule has 4 heterocycles. The van der Waals surface area contributed by atoms with Gasteiger partial charge in [0.2, 0.25) is 5.88 Å². The Hall–Kier alpha value is -3.85. The van der Waals surface area contributed by atoms with Crippen LogP contribution in [0.25, 0.3) is 21.9 Å². The number of benzene rings is 1. The molecule has 0 unspecified atom stereocenters. The Kier molecular flexibility index (Phi) is 5.49. The molecule has 1 fully saturated rings. The van der Waals surface area contributed by atoms with E-state index in [9.17, 15) is 5.11 Å². The largest absolute Gasteiger partial charge is 0.508 e. The van der Waals surface area contributed by atoms with Crippen LogP contribution in [0.2, 0.25) is 0 Å². The lowest BCUT2D eigenvalue weighted by atomic mass is 10.0. The molecule has 0 aliphatic carbocycles. The van der Waals surface area contributed by atoms with Gasteiger partial charge in [-0.15, -0.1) is 0 Å². The molecule has 1 aliphatic heterocycles. The molecule has 1 saturated heterocycles. The third-order valence-electron chi connectivity index (χ3n) is 6.56. The van der Waals surface area contributed by atoms with Gasteiger partial charge < -0.3 is 25.8 Å². The second-order valence-corrected chi connectivity index (χ2v) is 8.85. The second-order valence-electron chi connectivity index (χ2n) is 8.85. The average molecular weight is 460 g/mol. The van der Waals surface area contributed by atoms with Gasteiger partial charge >= 0.3 is 0 Å². The van der Waals surface area contributed by atoms with Gasteiger partial charge in [0, 0.05) is 60.6 Å². The zero-order valence-electron chi connectivity index (χ0n) is 19.8. The minimum absolute atomic E-state index is 0.166. The summed E-state index contributed by atoms with van der Waals surface area (Å²) in [6.45, 7) is 5.50. The molecule has 0 saturated carbocycles. The number of aryl methyl sites for hydroxylation is 2. The number of fused-ring (bicyclic) bond motifs is 1. The topological polar surface area (TPSA) is 114 Å². The molecule has 3 aromatic heterocycles. The number of pyridine rings is 2. The molecule has 0 amide bonds. The number of aromatic nitrogens is 4. The summed E-state index contributed by atoms with van der Waals surface area (Å²) in [5.41, 5.74) is 9.76. The number of nitrogens with one attached hydrogen (secondary N) is 1. The number of nitrogen functional groups attached to an aromatic ring is 1. The third kappa shape index (κ3) is 3.77. The summed E-state index contributed by atoms with van der Waals surface area (Å²) in [6, 6.07) is 5.95. The Balaban J connectivity index is 1.74. The maximum atomic E-state index is 10.3. The molecule has 9 heteroatoms. The van der Waals surface area contributed by atoms with Crippen LogP contribution in [-0.2, 0) is 7.05 Å². The van der Waals surface area contributed by atoms with Crippen LogP contribution in [-0.4, -0.2) is 51.0 Å². The van der Waals surface area contributed by atoms with Crippen LogP contribution in [0.3, 0.4) is 0 Å². The summed E-state index contributed by atoms with van der Waals surface area (Å²) in [5.74, 6) is 2.24. The van der Waals surface area contributed by atoms with E-state index in [1.165, 1.54) is 0 Å². The highest BCUT2D eigenvalue weighted by molar-refractivity contribution is 6.05. The standard InChI is InChI=1S/C25H29N7O2/c1-14-5-6-20(33)15(2)23(14)34-25-22-18(9-21(30-25)32-8-7-17(13-32)27-3)19(11-28-24(22)26)16-10-29-31(4)12-16/h5-6,9-12,17,27,33H,7-8,13H2,1-4H3,(H2,26,28)/t17-/m1/s1. The van der Waals surface area contributed by atoms with Gasteiger partial charge in [-0.2, -0.15) is 10.1 Å². The van der Waals surface area contributed by atoms with Crippen molar-refractivity contribution >= 4 is 22.4 Å². The van der Waals surface area contributed by atoms with Crippen LogP contribution in [0.4, 0.5) is 11.6 Å². The Morgan fingerprint density at radius 1 is 1.24 bits per heavy atom. The predicted molar refractivity (Wildman–Crippen MR) is 133 cm³/mol. The zero-order chi connectivity index (χ0) is 24.0. The number of rotatable bonds is 5. The fourth-order valence-corrected chi connectivity index (χ4v) is 4.54. The van der Waals surface area contributed by atoms with E-state index in [1.54, 1.807) is 16.9 Å². The van der Waals surface area contributed by atoms with Gasteiger partial charge in [0.1, 0.15) is 23.1 Å². The van der Waals surface area contributed by atoms with Crippen molar-refractivity contribution in [2.24, 2.45) is 7.05 Å². The number of hydrogen-bond acceptors (Lipinski definition) is 8.